The second kappa shape index (κ2) is 6.74. The third-order valence-corrected chi connectivity index (χ3v) is 3.96. The fraction of sp³-hybridized carbons (Fsp3) is 0.263. The maximum atomic E-state index is 12.4. The molecule has 0 saturated heterocycles. The predicted octanol–water partition coefficient (Wildman–Crippen LogP) is 2.43. The van der Waals surface area contributed by atoms with Crippen molar-refractivity contribution in [2.45, 2.75) is 26.5 Å². The van der Waals surface area contributed by atoms with Gasteiger partial charge >= 0.3 is 0 Å². The summed E-state index contributed by atoms with van der Waals surface area (Å²) >= 11 is 0. The molecule has 0 radical (unpaired) electrons. The van der Waals surface area contributed by atoms with Gasteiger partial charge in [-0.25, -0.2) is 0 Å². The Balaban J connectivity index is 1.72. The number of amides is 2. The van der Waals surface area contributed by atoms with Crippen LogP contribution in [0, 0.1) is 6.92 Å². The summed E-state index contributed by atoms with van der Waals surface area (Å²) in [6.45, 7) is 4.06. The minimum Gasteiger partial charge on any atom is -0.479 e. The van der Waals surface area contributed by atoms with Gasteiger partial charge in [-0.3, -0.25) is 14.5 Å². The zero-order valence-corrected chi connectivity index (χ0v) is 13.8. The summed E-state index contributed by atoms with van der Waals surface area (Å²) in [5.74, 6) is 0.222. The monoisotopic (exact) mass is 324 g/mol. The number of nitrogens with one attached hydrogen (secondary N) is 1. The number of ether oxygens (including phenoxy) is 1. The van der Waals surface area contributed by atoms with Gasteiger partial charge in [0.25, 0.3) is 5.91 Å². The molecule has 1 aliphatic rings. The molecule has 3 rings (SSSR count). The molecule has 0 bridgehead atoms. The van der Waals surface area contributed by atoms with Crippen molar-refractivity contribution in [3.05, 3.63) is 59.7 Å². The summed E-state index contributed by atoms with van der Waals surface area (Å²) in [6.07, 6.45) is -0.595. The van der Waals surface area contributed by atoms with Crippen LogP contribution in [0.5, 0.6) is 5.75 Å². The Bertz CT molecular complexity index is 758. The molecule has 0 aromatic heterocycles. The number of carbonyl (C=O) groups excluding carboxylic acids is 2. The molecule has 24 heavy (non-hydrogen) atoms. The number of hydrogen-bond donors (Lipinski definition) is 1. The van der Waals surface area contributed by atoms with E-state index in [4.69, 9.17) is 4.74 Å². The molecule has 2 aromatic rings. The normalized spacial score (nSPS) is 16.3. The smallest absolute Gasteiger partial charge is 0.268 e. The second-order valence-electron chi connectivity index (χ2n) is 5.92. The van der Waals surface area contributed by atoms with Gasteiger partial charge in [0.2, 0.25) is 5.91 Å². The zero-order valence-electron chi connectivity index (χ0n) is 13.8. The van der Waals surface area contributed by atoms with E-state index >= 15 is 0 Å². The second-order valence-corrected chi connectivity index (χ2v) is 5.92. The van der Waals surface area contributed by atoms with E-state index in [-0.39, 0.29) is 18.4 Å². The summed E-state index contributed by atoms with van der Waals surface area (Å²) in [4.78, 5) is 26.2. The van der Waals surface area contributed by atoms with Crippen LogP contribution in [0.2, 0.25) is 0 Å². The number of carbonyl (C=O) groups is 2. The van der Waals surface area contributed by atoms with Crippen molar-refractivity contribution in [1.29, 1.82) is 0 Å². The molecule has 124 valence electrons. The van der Waals surface area contributed by atoms with E-state index in [2.05, 4.69) is 5.32 Å². The molecule has 0 spiro atoms. The maximum absolute atomic E-state index is 12.4. The Morgan fingerprint density at radius 3 is 2.71 bits per heavy atom. The van der Waals surface area contributed by atoms with Gasteiger partial charge in [-0.05, 0) is 37.1 Å². The van der Waals surface area contributed by atoms with E-state index in [9.17, 15) is 9.59 Å². The van der Waals surface area contributed by atoms with Crippen LogP contribution in [0.25, 0.3) is 0 Å². The number of aryl methyl sites for hydroxylation is 1. The molecule has 2 amide bonds. The van der Waals surface area contributed by atoms with E-state index in [1.165, 1.54) is 4.90 Å². The maximum Gasteiger partial charge on any atom is 0.268 e. The largest absolute Gasteiger partial charge is 0.479 e. The average Bonchev–Trinajstić information content (AvgIpc) is 2.59. The number of fused-ring (bicyclic) bond motifs is 1. The average molecular weight is 324 g/mol. The van der Waals surface area contributed by atoms with Crippen LogP contribution in [0.15, 0.2) is 48.5 Å². The van der Waals surface area contributed by atoms with Gasteiger partial charge in [0.1, 0.15) is 12.3 Å². The van der Waals surface area contributed by atoms with Crippen LogP contribution in [-0.4, -0.2) is 24.5 Å². The van der Waals surface area contributed by atoms with E-state index < -0.39 is 6.10 Å². The van der Waals surface area contributed by atoms with Gasteiger partial charge in [-0.15, -0.1) is 0 Å². The lowest BCUT2D eigenvalue weighted by atomic mass is 10.1. The Kier molecular flexibility index (Phi) is 4.51. The predicted molar refractivity (Wildman–Crippen MR) is 91.9 cm³/mol. The molecule has 1 atom stereocenters. The zero-order chi connectivity index (χ0) is 17.1. The molecule has 0 aliphatic carbocycles. The van der Waals surface area contributed by atoms with Gasteiger partial charge < -0.3 is 10.1 Å². The van der Waals surface area contributed by atoms with Crippen LogP contribution in [0.4, 0.5) is 5.69 Å². The molecule has 5 heteroatoms. The lowest BCUT2D eigenvalue weighted by Crippen LogP contribution is -2.48. The van der Waals surface area contributed by atoms with Crippen LogP contribution in [0.1, 0.15) is 18.1 Å². The molecular weight excluding hydrogens is 304 g/mol. The van der Waals surface area contributed by atoms with Gasteiger partial charge in [-0.1, -0.05) is 36.4 Å². The first-order valence-electron chi connectivity index (χ1n) is 7.94. The fourth-order valence-electron chi connectivity index (χ4n) is 2.68. The quantitative estimate of drug-likeness (QED) is 0.940. The lowest BCUT2D eigenvalue weighted by molar-refractivity contribution is -0.128. The van der Waals surface area contributed by atoms with Crippen molar-refractivity contribution in [3.63, 3.8) is 0 Å². The summed E-state index contributed by atoms with van der Waals surface area (Å²) in [5, 5.41) is 2.85. The highest BCUT2D eigenvalue weighted by molar-refractivity contribution is 6.03. The van der Waals surface area contributed by atoms with Crippen molar-refractivity contribution in [2.75, 3.05) is 11.4 Å². The van der Waals surface area contributed by atoms with Crippen molar-refractivity contribution in [3.8, 4) is 5.75 Å². The third kappa shape index (κ3) is 3.40. The first-order valence-corrected chi connectivity index (χ1v) is 7.94. The number of hydrogen-bond acceptors (Lipinski definition) is 3. The standard InChI is InChI=1S/C19H20N2O3/c1-13-8-9-17-16(10-13)21(19(23)14(2)24-17)12-18(22)20-11-15-6-4-3-5-7-15/h3-10,14H,11-12H2,1-2H3,(H,20,22). The Hall–Kier alpha value is -2.82. The molecule has 5 nitrogen and oxygen atoms in total. The summed E-state index contributed by atoms with van der Waals surface area (Å²) in [6, 6.07) is 15.3. The van der Waals surface area contributed by atoms with E-state index in [0.717, 1.165) is 11.1 Å². The molecule has 1 aliphatic heterocycles. The summed E-state index contributed by atoms with van der Waals surface area (Å²) in [5.41, 5.74) is 2.67. The van der Waals surface area contributed by atoms with E-state index in [0.29, 0.717) is 18.0 Å². The van der Waals surface area contributed by atoms with Crippen molar-refractivity contribution < 1.29 is 14.3 Å². The Morgan fingerprint density at radius 1 is 1.21 bits per heavy atom. The highest BCUT2D eigenvalue weighted by atomic mass is 16.5. The Morgan fingerprint density at radius 2 is 1.96 bits per heavy atom. The molecule has 2 aromatic carbocycles. The molecule has 1 heterocycles. The third-order valence-electron chi connectivity index (χ3n) is 3.96. The SMILES string of the molecule is Cc1ccc2c(c1)N(CC(=O)NCc1ccccc1)C(=O)C(C)O2. The number of benzene rings is 2. The number of rotatable bonds is 4. The lowest BCUT2D eigenvalue weighted by Gasteiger charge is -2.32. The van der Waals surface area contributed by atoms with Gasteiger partial charge in [-0.2, -0.15) is 0 Å². The van der Waals surface area contributed by atoms with E-state index in [1.807, 2.05) is 55.5 Å². The van der Waals surface area contributed by atoms with Gasteiger partial charge in [0.15, 0.2) is 6.10 Å². The van der Waals surface area contributed by atoms with Crippen LogP contribution in [0.3, 0.4) is 0 Å². The summed E-state index contributed by atoms with van der Waals surface area (Å²) in [7, 11) is 0. The molecule has 1 N–H and O–H groups in total. The summed E-state index contributed by atoms with van der Waals surface area (Å²) < 4.78 is 5.62. The van der Waals surface area contributed by atoms with Gasteiger partial charge in [0, 0.05) is 6.54 Å². The number of nitrogens with zero attached hydrogens (tertiary/aromatic N) is 1. The highest BCUT2D eigenvalue weighted by Crippen LogP contribution is 2.34. The fourth-order valence-corrected chi connectivity index (χ4v) is 2.68. The molecule has 1 unspecified atom stereocenters. The minimum absolute atomic E-state index is 0.0180. The number of anilines is 1. The topological polar surface area (TPSA) is 58.6 Å². The highest BCUT2D eigenvalue weighted by Gasteiger charge is 2.32. The molecule has 0 fully saturated rings. The molecule has 0 saturated carbocycles. The first-order chi connectivity index (χ1) is 11.5. The minimum atomic E-state index is -0.595. The van der Waals surface area contributed by atoms with E-state index in [1.54, 1.807) is 6.92 Å². The van der Waals surface area contributed by atoms with Crippen LogP contribution < -0.4 is 15.0 Å². The first kappa shape index (κ1) is 16.1. The van der Waals surface area contributed by atoms with Crippen LogP contribution in [-0.2, 0) is 16.1 Å². The van der Waals surface area contributed by atoms with Crippen molar-refractivity contribution in [2.24, 2.45) is 0 Å². The Labute approximate surface area is 141 Å². The van der Waals surface area contributed by atoms with Gasteiger partial charge in [0.05, 0.1) is 5.69 Å². The molecular formula is C19H20N2O3. The van der Waals surface area contributed by atoms with Crippen molar-refractivity contribution in [1.82, 2.24) is 5.32 Å². The van der Waals surface area contributed by atoms with Crippen LogP contribution >= 0.6 is 0 Å². The van der Waals surface area contributed by atoms with Crippen molar-refractivity contribution >= 4 is 17.5 Å².